The molecule has 3 rings (SSSR count). The van der Waals surface area contributed by atoms with E-state index in [9.17, 15) is 4.79 Å². The van der Waals surface area contributed by atoms with Crippen molar-refractivity contribution in [3.05, 3.63) is 54.5 Å². The molecule has 2 heterocycles. The van der Waals surface area contributed by atoms with Crippen molar-refractivity contribution >= 4 is 28.4 Å². The standard InChI is InChI=1S/C17H17N5O/c1-2-8-19-17-20-10-13(11-21-17)16(23)22-14-7-3-5-12-6-4-9-18-15(12)14/h3-7,9-11H,2,8H2,1H3,(H,22,23)(H,19,20,21). The van der Waals surface area contributed by atoms with E-state index in [4.69, 9.17) is 0 Å². The molecular formula is C17H17N5O. The Hall–Kier alpha value is -3.02. The first-order valence-electron chi connectivity index (χ1n) is 7.49. The first kappa shape index (κ1) is 14.9. The Labute approximate surface area is 134 Å². The van der Waals surface area contributed by atoms with Crippen LogP contribution in [0.2, 0.25) is 0 Å². The minimum atomic E-state index is -0.259. The zero-order chi connectivity index (χ0) is 16.1. The molecule has 0 aliphatic heterocycles. The summed E-state index contributed by atoms with van der Waals surface area (Å²) < 4.78 is 0. The molecule has 0 saturated carbocycles. The van der Waals surface area contributed by atoms with Crippen LogP contribution >= 0.6 is 0 Å². The third-order valence-corrected chi connectivity index (χ3v) is 3.33. The number of carbonyl (C=O) groups is 1. The molecule has 0 radical (unpaired) electrons. The number of anilines is 2. The Balaban J connectivity index is 1.78. The molecule has 1 amide bonds. The average molecular weight is 307 g/mol. The smallest absolute Gasteiger partial charge is 0.258 e. The number of benzene rings is 1. The monoisotopic (exact) mass is 307 g/mol. The van der Waals surface area contributed by atoms with E-state index in [0.29, 0.717) is 17.2 Å². The van der Waals surface area contributed by atoms with Crippen LogP contribution in [0.3, 0.4) is 0 Å². The number of carbonyl (C=O) groups excluding carboxylic acids is 1. The SMILES string of the molecule is CCCNc1ncc(C(=O)Nc2cccc3cccnc23)cn1. The van der Waals surface area contributed by atoms with Crippen LogP contribution in [-0.2, 0) is 0 Å². The first-order chi connectivity index (χ1) is 11.3. The molecule has 0 atom stereocenters. The van der Waals surface area contributed by atoms with Gasteiger partial charge in [-0.15, -0.1) is 0 Å². The molecule has 6 heteroatoms. The van der Waals surface area contributed by atoms with Gasteiger partial charge in [0.25, 0.3) is 5.91 Å². The average Bonchev–Trinajstić information content (AvgIpc) is 2.60. The van der Waals surface area contributed by atoms with E-state index in [1.807, 2.05) is 30.3 Å². The van der Waals surface area contributed by atoms with Gasteiger partial charge in [-0.05, 0) is 18.6 Å². The van der Waals surface area contributed by atoms with Crippen LogP contribution in [0.25, 0.3) is 10.9 Å². The molecule has 0 fully saturated rings. The molecule has 0 aliphatic carbocycles. The Kier molecular flexibility index (Phi) is 4.42. The second-order valence-electron chi connectivity index (χ2n) is 5.06. The largest absolute Gasteiger partial charge is 0.354 e. The highest BCUT2D eigenvalue weighted by Crippen LogP contribution is 2.21. The quantitative estimate of drug-likeness (QED) is 0.757. The Morgan fingerprint density at radius 2 is 1.87 bits per heavy atom. The van der Waals surface area contributed by atoms with Crippen LogP contribution in [0, 0.1) is 0 Å². The van der Waals surface area contributed by atoms with Gasteiger partial charge in [0.05, 0.1) is 16.8 Å². The fourth-order valence-electron chi connectivity index (χ4n) is 2.17. The molecular weight excluding hydrogens is 290 g/mol. The number of amides is 1. The summed E-state index contributed by atoms with van der Waals surface area (Å²) in [6.07, 6.45) is 5.72. The van der Waals surface area contributed by atoms with E-state index >= 15 is 0 Å². The van der Waals surface area contributed by atoms with Crippen molar-refractivity contribution in [2.45, 2.75) is 13.3 Å². The minimum absolute atomic E-state index is 0.259. The Bertz CT molecular complexity index is 811. The van der Waals surface area contributed by atoms with Crippen LogP contribution in [0.5, 0.6) is 0 Å². The minimum Gasteiger partial charge on any atom is -0.354 e. The number of pyridine rings is 1. The highest BCUT2D eigenvalue weighted by Gasteiger charge is 2.10. The Morgan fingerprint density at radius 1 is 1.09 bits per heavy atom. The van der Waals surface area contributed by atoms with Gasteiger partial charge < -0.3 is 10.6 Å². The number of nitrogens with zero attached hydrogens (tertiary/aromatic N) is 3. The molecule has 0 spiro atoms. The second-order valence-corrected chi connectivity index (χ2v) is 5.06. The number of para-hydroxylation sites is 1. The van der Waals surface area contributed by atoms with Gasteiger partial charge in [0.2, 0.25) is 5.95 Å². The number of rotatable bonds is 5. The summed E-state index contributed by atoms with van der Waals surface area (Å²) in [5, 5.41) is 6.91. The van der Waals surface area contributed by atoms with Crippen molar-refractivity contribution in [3.63, 3.8) is 0 Å². The van der Waals surface area contributed by atoms with Gasteiger partial charge in [-0.3, -0.25) is 9.78 Å². The lowest BCUT2D eigenvalue weighted by atomic mass is 10.2. The zero-order valence-corrected chi connectivity index (χ0v) is 12.8. The summed E-state index contributed by atoms with van der Waals surface area (Å²) in [6.45, 7) is 2.86. The summed E-state index contributed by atoms with van der Waals surface area (Å²) in [5.74, 6) is 0.264. The highest BCUT2D eigenvalue weighted by molar-refractivity contribution is 6.08. The van der Waals surface area contributed by atoms with E-state index in [2.05, 4.69) is 32.5 Å². The van der Waals surface area contributed by atoms with Crippen molar-refractivity contribution in [1.82, 2.24) is 15.0 Å². The summed E-state index contributed by atoms with van der Waals surface area (Å²) in [6, 6.07) is 9.48. The molecule has 2 N–H and O–H groups in total. The lowest BCUT2D eigenvalue weighted by Crippen LogP contribution is -2.14. The van der Waals surface area contributed by atoms with Crippen LogP contribution in [0.15, 0.2) is 48.9 Å². The van der Waals surface area contributed by atoms with Crippen LogP contribution in [-0.4, -0.2) is 27.4 Å². The molecule has 2 aromatic heterocycles. The maximum atomic E-state index is 12.3. The van der Waals surface area contributed by atoms with Gasteiger partial charge in [-0.1, -0.05) is 25.1 Å². The fourth-order valence-corrected chi connectivity index (χ4v) is 2.17. The number of aromatic nitrogens is 3. The Morgan fingerprint density at radius 3 is 2.65 bits per heavy atom. The van der Waals surface area contributed by atoms with E-state index in [-0.39, 0.29) is 5.91 Å². The lowest BCUT2D eigenvalue weighted by molar-refractivity contribution is 0.102. The lowest BCUT2D eigenvalue weighted by Gasteiger charge is -2.08. The summed E-state index contributed by atoms with van der Waals surface area (Å²) in [7, 11) is 0. The van der Waals surface area contributed by atoms with Gasteiger partial charge in [0.15, 0.2) is 0 Å². The van der Waals surface area contributed by atoms with E-state index in [1.165, 1.54) is 12.4 Å². The topological polar surface area (TPSA) is 79.8 Å². The van der Waals surface area contributed by atoms with Crippen molar-refractivity contribution in [2.75, 3.05) is 17.2 Å². The maximum Gasteiger partial charge on any atom is 0.258 e. The van der Waals surface area contributed by atoms with E-state index in [1.54, 1.807) is 6.20 Å². The number of fused-ring (bicyclic) bond motifs is 1. The van der Waals surface area contributed by atoms with Gasteiger partial charge in [-0.25, -0.2) is 9.97 Å². The van der Waals surface area contributed by atoms with Gasteiger partial charge in [0, 0.05) is 30.5 Å². The molecule has 0 saturated heterocycles. The first-order valence-corrected chi connectivity index (χ1v) is 7.49. The van der Waals surface area contributed by atoms with Crippen molar-refractivity contribution in [2.24, 2.45) is 0 Å². The molecule has 3 aromatic rings. The predicted molar refractivity (Wildman–Crippen MR) is 90.5 cm³/mol. The molecule has 0 aliphatic rings. The predicted octanol–water partition coefficient (Wildman–Crippen LogP) is 3.10. The fraction of sp³-hybridized carbons (Fsp3) is 0.176. The number of hydrogen-bond acceptors (Lipinski definition) is 5. The van der Waals surface area contributed by atoms with Crippen LogP contribution in [0.1, 0.15) is 23.7 Å². The maximum absolute atomic E-state index is 12.3. The van der Waals surface area contributed by atoms with Gasteiger partial charge >= 0.3 is 0 Å². The van der Waals surface area contributed by atoms with Crippen LogP contribution in [0.4, 0.5) is 11.6 Å². The van der Waals surface area contributed by atoms with Gasteiger partial charge in [-0.2, -0.15) is 0 Å². The molecule has 6 nitrogen and oxygen atoms in total. The highest BCUT2D eigenvalue weighted by atomic mass is 16.1. The molecule has 0 unspecified atom stereocenters. The van der Waals surface area contributed by atoms with E-state index in [0.717, 1.165) is 23.9 Å². The van der Waals surface area contributed by atoms with E-state index < -0.39 is 0 Å². The molecule has 0 bridgehead atoms. The van der Waals surface area contributed by atoms with Gasteiger partial charge in [0.1, 0.15) is 0 Å². The second kappa shape index (κ2) is 6.83. The van der Waals surface area contributed by atoms with Crippen molar-refractivity contribution in [1.29, 1.82) is 0 Å². The summed E-state index contributed by atoms with van der Waals surface area (Å²) in [4.78, 5) is 24.9. The number of hydrogen-bond donors (Lipinski definition) is 2. The van der Waals surface area contributed by atoms with Crippen LogP contribution < -0.4 is 10.6 Å². The molecule has 23 heavy (non-hydrogen) atoms. The third-order valence-electron chi connectivity index (χ3n) is 3.33. The molecule has 116 valence electrons. The normalized spacial score (nSPS) is 10.5. The zero-order valence-electron chi connectivity index (χ0n) is 12.8. The summed E-state index contributed by atoms with van der Waals surface area (Å²) >= 11 is 0. The van der Waals surface area contributed by atoms with Crippen molar-refractivity contribution < 1.29 is 4.79 Å². The summed E-state index contributed by atoms with van der Waals surface area (Å²) in [5.41, 5.74) is 1.83. The number of nitrogens with one attached hydrogen (secondary N) is 2. The molecule has 1 aromatic carbocycles. The third kappa shape index (κ3) is 3.42. The van der Waals surface area contributed by atoms with Crippen molar-refractivity contribution in [3.8, 4) is 0 Å².